The molecule has 1 aromatic carbocycles. The number of nitrogens with zero attached hydrogens (tertiary/aromatic N) is 3. The molecule has 0 bridgehead atoms. The van der Waals surface area contributed by atoms with Crippen molar-refractivity contribution in [1.29, 1.82) is 0 Å². The summed E-state index contributed by atoms with van der Waals surface area (Å²) in [6.45, 7) is 12.3. The molecule has 50 heavy (non-hydrogen) atoms. The Morgan fingerprint density at radius 1 is 1.00 bits per heavy atom. The van der Waals surface area contributed by atoms with Crippen molar-refractivity contribution in [3.8, 4) is 0 Å². The minimum atomic E-state index is -3.87. The number of rotatable bonds is 11. The summed E-state index contributed by atoms with van der Waals surface area (Å²) < 4.78 is 38.6. The van der Waals surface area contributed by atoms with Crippen molar-refractivity contribution < 1.29 is 37.1 Å². The molecule has 3 aliphatic carbocycles. The number of hydrogen-bond donors (Lipinski definition) is 3. The van der Waals surface area contributed by atoms with Gasteiger partial charge in [0.2, 0.25) is 21.8 Å². The van der Waals surface area contributed by atoms with Gasteiger partial charge in [0.1, 0.15) is 23.7 Å². The first-order valence-corrected chi connectivity index (χ1v) is 19.2. The number of hydrogen-bond acceptors (Lipinski definition) is 10. The van der Waals surface area contributed by atoms with Gasteiger partial charge in [-0.1, -0.05) is 26.8 Å². The molecule has 6 rings (SSSR count). The fourth-order valence-corrected chi connectivity index (χ4v) is 8.49. The molecule has 15 heteroatoms. The Bertz CT molecular complexity index is 1580. The van der Waals surface area contributed by atoms with Gasteiger partial charge in [-0.25, -0.2) is 13.2 Å². The van der Waals surface area contributed by atoms with Crippen molar-refractivity contribution in [2.45, 2.75) is 94.7 Å². The molecule has 3 saturated carbocycles. The minimum absolute atomic E-state index is 0.0416. The van der Waals surface area contributed by atoms with Crippen LogP contribution in [0.2, 0.25) is 0 Å². The Kier molecular flexibility index (Phi) is 10.1. The molecule has 2 heterocycles. The quantitative estimate of drug-likeness (QED) is 0.290. The third-order valence-corrected chi connectivity index (χ3v) is 12.3. The summed E-state index contributed by atoms with van der Waals surface area (Å²) >= 11 is 0. The van der Waals surface area contributed by atoms with E-state index in [1.165, 1.54) is 11.0 Å². The number of morpholine rings is 1. The fraction of sp³-hybridized carbons (Fsp3) is 0.657. The molecule has 2 aliphatic heterocycles. The number of anilines is 2. The van der Waals surface area contributed by atoms with Crippen molar-refractivity contribution >= 4 is 45.2 Å². The van der Waals surface area contributed by atoms with E-state index in [1.807, 2.05) is 49.9 Å². The van der Waals surface area contributed by atoms with Crippen LogP contribution in [0.15, 0.2) is 36.9 Å². The maximum atomic E-state index is 14.5. The molecule has 2 saturated heterocycles. The number of ether oxygens (including phenoxy) is 2. The molecule has 0 unspecified atom stereocenters. The van der Waals surface area contributed by atoms with Crippen molar-refractivity contribution in [2.24, 2.45) is 11.3 Å². The zero-order valence-electron chi connectivity index (χ0n) is 29.2. The average Bonchev–Trinajstić information content (AvgIpc) is 3.96. The van der Waals surface area contributed by atoms with Gasteiger partial charge < -0.3 is 34.8 Å². The summed E-state index contributed by atoms with van der Waals surface area (Å²) in [5.74, 6) is -2.36. The number of sulfonamides is 1. The minimum Gasteiger partial charge on any atom is -0.446 e. The van der Waals surface area contributed by atoms with Crippen LogP contribution in [-0.4, -0.2) is 106 Å². The van der Waals surface area contributed by atoms with Crippen LogP contribution in [0, 0.1) is 11.3 Å². The van der Waals surface area contributed by atoms with E-state index in [0.29, 0.717) is 26.1 Å². The second-order valence-corrected chi connectivity index (χ2v) is 17.2. The lowest BCUT2D eigenvalue weighted by Gasteiger charge is -2.35. The van der Waals surface area contributed by atoms with Gasteiger partial charge in [-0.05, 0) is 74.6 Å². The summed E-state index contributed by atoms with van der Waals surface area (Å²) in [7, 11) is -3.87. The van der Waals surface area contributed by atoms with Gasteiger partial charge in [0, 0.05) is 36.9 Å². The topological polar surface area (TPSA) is 167 Å². The number of alkyl carbamates (subject to hydrolysis) is 1. The van der Waals surface area contributed by atoms with Crippen molar-refractivity contribution in [3.63, 3.8) is 0 Å². The number of carbonyl (C=O) groups excluding carboxylic acids is 4. The summed E-state index contributed by atoms with van der Waals surface area (Å²) in [6, 6.07) is 5.79. The van der Waals surface area contributed by atoms with Crippen LogP contribution in [0.4, 0.5) is 16.2 Å². The number of benzene rings is 1. The maximum absolute atomic E-state index is 14.5. The molecule has 0 aromatic heterocycles. The SMILES string of the molecule is C=C[C@@H]1C[C@]1(NC(=O)[C@@H]1CN(c2ccc(N3CCOCC3)cc2)CN1C(=O)[C@@H](NC(=O)OC1CCCC1)C(C)(C)C)C(=O)NS(=O)(=O)C1CC1. The first-order chi connectivity index (χ1) is 23.7. The highest BCUT2D eigenvalue weighted by molar-refractivity contribution is 7.91. The van der Waals surface area contributed by atoms with Crippen LogP contribution in [0.5, 0.6) is 0 Å². The Hall–Kier alpha value is -3.85. The zero-order chi connectivity index (χ0) is 35.8. The van der Waals surface area contributed by atoms with Gasteiger partial charge in [-0.3, -0.25) is 19.1 Å². The summed E-state index contributed by atoms with van der Waals surface area (Å²) in [5, 5.41) is 5.01. The number of nitrogens with one attached hydrogen (secondary N) is 3. The van der Waals surface area contributed by atoms with Crippen molar-refractivity contribution in [2.75, 3.05) is 49.3 Å². The first kappa shape index (κ1) is 36.0. The molecule has 0 spiro atoms. The third-order valence-electron chi connectivity index (χ3n) is 10.5. The zero-order valence-corrected chi connectivity index (χ0v) is 30.0. The lowest BCUT2D eigenvalue weighted by molar-refractivity contribution is -0.142. The Labute approximate surface area is 294 Å². The molecule has 4 amide bonds. The van der Waals surface area contributed by atoms with E-state index >= 15 is 0 Å². The summed E-state index contributed by atoms with van der Waals surface area (Å²) in [4.78, 5) is 60.8. The van der Waals surface area contributed by atoms with Gasteiger partial charge in [0.15, 0.2) is 0 Å². The molecule has 1 aromatic rings. The van der Waals surface area contributed by atoms with Crippen LogP contribution in [0.3, 0.4) is 0 Å². The van der Waals surface area contributed by atoms with Gasteiger partial charge in [0.05, 0.1) is 25.1 Å². The van der Waals surface area contributed by atoms with Crippen LogP contribution in [0.25, 0.3) is 0 Å². The van der Waals surface area contributed by atoms with Crippen molar-refractivity contribution in [3.05, 3.63) is 36.9 Å². The highest BCUT2D eigenvalue weighted by Gasteiger charge is 2.62. The third kappa shape index (κ3) is 7.73. The normalized spacial score (nSPS) is 26.3. The van der Waals surface area contributed by atoms with Crippen LogP contribution in [-0.2, 0) is 33.9 Å². The molecule has 5 fully saturated rings. The largest absolute Gasteiger partial charge is 0.446 e. The maximum Gasteiger partial charge on any atom is 0.408 e. The van der Waals surface area contributed by atoms with Crippen LogP contribution < -0.4 is 25.2 Å². The van der Waals surface area contributed by atoms with E-state index in [-0.39, 0.29) is 25.7 Å². The smallest absolute Gasteiger partial charge is 0.408 e. The molecular weight excluding hydrogens is 664 g/mol. The van der Waals surface area contributed by atoms with Crippen molar-refractivity contribution in [1.82, 2.24) is 20.3 Å². The molecule has 0 radical (unpaired) electrons. The molecular formula is C35H50N6O8S. The lowest BCUT2D eigenvalue weighted by Crippen LogP contribution is -2.60. The molecule has 14 nitrogen and oxygen atoms in total. The van der Waals surface area contributed by atoms with E-state index in [0.717, 1.165) is 50.1 Å². The Morgan fingerprint density at radius 2 is 1.62 bits per heavy atom. The van der Waals surface area contributed by atoms with E-state index in [4.69, 9.17) is 9.47 Å². The van der Waals surface area contributed by atoms with Gasteiger partial charge in [-0.2, -0.15) is 0 Å². The van der Waals surface area contributed by atoms with E-state index < -0.39 is 68.0 Å². The number of amides is 4. The second kappa shape index (κ2) is 14.0. The monoisotopic (exact) mass is 714 g/mol. The van der Waals surface area contributed by atoms with Gasteiger partial charge >= 0.3 is 6.09 Å². The molecule has 5 aliphatic rings. The summed E-state index contributed by atoms with van der Waals surface area (Å²) in [5.41, 5.74) is -0.429. The molecule has 3 N–H and O–H groups in total. The van der Waals surface area contributed by atoms with Crippen LogP contribution >= 0.6 is 0 Å². The van der Waals surface area contributed by atoms with Crippen LogP contribution in [0.1, 0.15) is 65.7 Å². The second-order valence-electron chi connectivity index (χ2n) is 15.2. The van der Waals surface area contributed by atoms with E-state index in [9.17, 15) is 27.6 Å². The Morgan fingerprint density at radius 3 is 2.18 bits per heavy atom. The standard InChI is InChI=1S/C35H50N6O8S/c1-5-23-20-35(23,32(44)38-50(46,47)27-14-15-27)37-30(42)28-21-40(25-12-10-24(11-13-25)39-16-18-48-19-17-39)22-41(28)31(43)29(34(2,3)4)36-33(45)49-26-8-6-7-9-26/h5,10-13,23,26-29H,1,6-9,14-22H2,2-4H3,(H,36,45)(H,37,42)(H,38,44)/t23-,28+,29-,35-/m1/s1. The van der Waals surface area contributed by atoms with E-state index in [1.54, 1.807) is 0 Å². The molecule has 274 valence electrons. The summed E-state index contributed by atoms with van der Waals surface area (Å²) in [6.07, 6.45) is 5.29. The van der Waals surface area contributed by atoms with Gasteiger partial charge in [-0.15, -0.1) is 6.58 Å². The highest BCUT2D eigenvalue weighted by atomic mass is 32.2. The average molecular weight is 715 g/mol. The van der Waals surface area contributed by atoms with E-state index in [2.05, 4.69) is 26.8 Å². The molecule has 4 atom stereocenters. The Balaban J connectivity index is 1.24. The predicted octanol–water partition coefficient (Wildman–Crippen LogP) is 2.25. The highest BCUT2D eigenvalue weighted by Crippen LogP contribution is 2.45. The fourth-order valence-electron chi connectivity index (χ4n) is 7.12. The number of carbonyl (C=O) groups is 4. The lowest BCUT2D eigenvalue weighted by atomic mass is 9.85. The predicted molar refractivity (Wildman–Crippen MR) is 187 cm³/mol. The first-order valence-electron chi connectivity index (χ1n) is 17.7. The van der Waals surface area contributed by atoms with Gasteiger partial charge in [0.25, 0.3) is 5.91 Å².